The molecule has 0 aliphatic rings. The normalized spacial score (nSPS) is 13.4. The number of unbranched alkanes of at least 4 members (excludes halogenated alkanes) is 32. The van der Waals surface area contributed by atoms with E-state index in [0.29, 0.717) is 6.42 Å². The zero-order valence-corrected chi connectivity index (χ0v) is 41.4. The van der Waals surface area contributed by atoms with Gasteiger partial charge in [-0.15, -0.1) is 0 Å². The van der Waals surface area contributed by atoms with Crippen molar-refractivity contribution in [2.45, 2.75) is 283 Å². The summed E-state index contributed by atoms with van der Waals surface area (Å²) in [5.41, 5.74) is 0. The van der Waals surface area contributed by atoms with E-state index in [1.807, 2.05) is 6.08 Å². The van der Waals surface area contributed by atoms with Crippen molar-refractivity contribution in [2.75, 3.05) is 6.61 Å². The van der Waals surface area contributed by atoms with Crippen LogP contribution in [-0.2, 0) is 4.79 Å². The van der Waals surface area contributed by atoms with Crippen molar-refractivity contribution in [2.24, 2.45) is 0 Å². The van der Waals surface area contributed by atoms with E-state index < -0.39 is 12.1 Å². The third-order valence-electron chi connectivity index (χ3n) is 12.2. The van der Waals surface area contributed by atoms with Crippen molar-refractivity contribution < 1.29 is 15.0 Å². The van der Waals surface area contributed by atoms with Gasteiger partial charge in [-0.1, -0.05) is 267 Å². The Bertz CT molecular complexity index is 1070. The molecule has 3 N–H and O–H groups in total. The summed E-state index contributed by atoms with van der Waals surface area (Å²) >= 11 is 0. The van der Waals surface area contributed by atoms with Crippen LogP contribution < -0.4 is 5.32 Å². The molecule has 0 aliphatic heterocycles. The maximum absolute atomic E-state index is 12.4. The first-order valence-electron chi connectivity index (χ1n) is 27.2. The zero-order chi connectivity index (χ0) is 44.9. The Labute approximate surface area is 387 Å². The number of carbonyl (C=O) groups excluding carboxylic acids is 1. The molecule has 1 amide bonds. The molecule has 2 unspecified atom stereocenters. The van der Waals surface area contributed by atoms with E-state index in [4.69, 9.17) is 0 Å². The monoisotopic (exact) mass is 864 g/mol. The standard InChI is InChI=1S/C58H105NO3/c1-3-5-7-9-11-13-15-17-18-19-20-21-22-23-24-25-26-27-28-29-30-31-32-33-34-35-36-37-38-39-40-42-44-46-48-50-52-54-58(62)59-56(55-60)57(61)53-51-49-47-45-43-41-16-14-12-10-8-6-4-2/h5,7,11,13,17-18,20-21,43,45,51,53,56-57,60-61H,3-4,6,8-10,12,14-16,19,22-42,44,46-50,52,54-55H2,1-2H3,(H,59,62)/b7-5-,13-11-,18-17-,21-20-,45-43+,53-51+. The number of nitrogens with one attached hydrogen (secondary N) is 1. The predicted octanol–water partition coefficient (Wildman–Crippen LogP) is 17.8. The van der Waals surface area contributed by atoms with Gasteiger partial charge in [0.2, 0.25) is 5.91 Å². The predicted molar refractivity (Wildman–Crippen MR) is 276 cm³/mol. The van der Waals surface area contributed by atoms with Crippen LogP contribution in [0.25, 0.3) is 0 Å². The maximum atomic E-state index is 12.4. The average molecular weight is 864 g/mol. The molecule has 0 aromatic heterocycles. The number of hydrogen-bond acceptors (Lipinski definition) is 3. The van der Waals surface area contributed by atoms with Crippen LogP contribution in [0.2, 0.25) is 0 Å². The average Bonchev–Trinajstić information content (AvgIpc) is 3.28. The summed E-state index contributed by atoms with van der Waals surface area (Å²) in [6, 6.07) is -0.638. The largest absolute Gasteiger partial charge is 0.394 e. The molecular weight excluding hydrogens is 759 g/mol. The minimum Gasteiger partial charge on any atom is -0.394 e. The fraction of sp³-hybridized carbons (Fsp3) is 0.776. The second-order valence-corrected chi connectivity index (χ2v) is 18.3. The molecule has 0 heterocycles. The van der Waals surface area contributed by atoms with E-state index in [2.05, 4.69) is 79.9 Å². The highest BCUT2D eigenvalue weighted by molar-refractivity contribution is 5.76. The second kappa shape index (κ2) is 53.2. The van der Waals surface area contributed by atoms with Gasteiger partial charge < -0.3 is 15.5 Å². The van der Waals surface area contributed by atoms with Crippen molar-refractivity contribution in [3.63, 3.8) is 0 Å². The van der Waals surface area contributed by atoms with Gasteiger partial charge in [0.15, 0.2) is 0 Å². The SMILES string of the molecule is CC/C=C\C/C=C\C/C=C\C/C=C\CCCCCCCCCCCCCCCCCCCCCCCCCCC(=O)NC(CO)C(O)/C=C/CC/C=C/CCCCCCCCC. The molecule has 360 valence electrons. The molecule has 0 saturated heterocycles. The number of aliphatic hydroxyl groups is 2. The first-order valence-corrected chi connectivity index (χ1v) is 27.2. The molecule has 2 atom stereocenters. The lowest BCUT2D eigenvalue weighted by atomic mass is 10.0. The van der Waals surface area contributed by atoms with Crippen LogP contribution in [0, 0.1) is 0 Å². The molecule has 0 aromatic rings. The van der Waals surface area contributed by atoms with Gasteiger partial charge in [0.25, 0.3) is 0 Å². The highest BCUT2D eigenvalue weighted by Gasteiger charge is 2.17. The second-order valence-electron chi connectivity index (χ2n) is 18.3. The van der Waals surface area contributed by atoms with Crippen LogP contribution in [0.5, 0.6) is 0 Å². The molecule has 4 heteroatoms. The Morgan fingerprint density at radius 2 is 0.726 bits per heavy atom. The first-order chi connectivity index (χ1) is 30.7. The van der Waals surface area contributed by atoms with Crippen molar-refractivity contribution in [3.05, 3.63) is 72.9 Å². The summed E-state index contributed by atoms with van der Waals surface area (Å²) in [7, 11) is 0. The number of aliphatic hydroxyl groups excluding tert-OH is 2. The van der Waals surface area contributed by atoms with Gasteiger partial charge in [-0.25, -0.2) is 0 Å². The van der Waals surface area contributed by atoms with Gasteiger partial charge in [-0.3, -0.25) is 4.79 Å². The Balaban J connectivity index is 3.43. The smallest absolute Gasteiger partial charge is 0.220 e. The molecule has 4 nitrogen and oxygen atoms in total. The lowest BCUT2D eigenvalue weighted by molar-refractivity contribution is -0.123. The molecule has 0 fully saturated rings. The lowest BCUT2D eigenvalue weighted by Crippen LogP contribution is -2.45. The molecule has 0 aliphatic carbocycles. The van der Waals surface area contributed by atoms with Crippen LogP contribution in [0.15, 0.2) is 72.9 Å². The maximum Gasteiger partial charge on any atom is 0.220 e. The van der Waals surface area contributed by atoms with Gasteiger partial charge in [0.05, 0.1) is 18.8 Å². The topological polar surface area (TPSA) is 69.6 Å². The Morgan fingerprint density at radius 3 is 1.13 bits per heavy atom. The van der Waals surface area contributed by atoms with E-state index in [9.17, 15) is 15.0 Å². The zero-order valence-electron chi connectivity index (χ0n) is 41.4. The molecule has 0 bridgehead atoms. The van der Waals surface area contributed by atoms with Crippen molar-refractivity contribution >= 4 is 5.91 Å². The lowest BCUT2D eigenvalue weighted by Gasteiger charge is -2.19. The Kier molecular flexibility index (Phi) is 51.3. The summed E-state index contributed by atoms with van der Waals surface area (Å²) in [5.74, 6) is -0.0722. The minimum atomic E-state index is -0.861. The van der Waals surface area contributed by atoms with E-state index in [1.54, 1.807) is 6.08 Å². The van der Waals surface area contributed by atoms with Gasteiger partial charge in [-0.2, -0.15) is 0 Å². The van der Waals surface area contributed by atoms with Crippen molar-refractivity contribution in [3.8, 4) is 0 Å². The van der Waals surface area contributed by atoms with Crippen molar-refractivity contribution in [1.82, 2.24) is 5.32 Å². The molecular formula is C58H105NO3. The molecule has 0 aromatic carbocycles. The highest BCUT2D eigenvalue weighted by atomic mass is 16.3. The summed E-state index contributed by atoms with van der Waals surface area (Å²) in [4.78, 5) is 12.4. The fourth-order valence-electron chi connectivity index (χ4n) is 8.07. The van der Waals surface area contributed by atoms with Crippen molar-refractivity contribution in [1.29, 1.82) is 0 Å². The van der Waals surface area contributed by atoms with E-state index in [1.165, 1.54) is 193 Å². The third-order valence-corrected chi connectivity index (χ3v) is 12.2. The number of amides is 1. The Hall–Kier alpha value is -2.17. The fourth-order valence-corrected chi connectivity index (χ4v) is 8.07. The van der Waals surface area contributed by atoms with Crippen LogP contribution in [0.3, 0.4) is 0 Å². The van der Waals surface area contributed by atoms with Crippen LogP contribution in [0.4, 0.5) is 0 Å². The number of allylic oxidation sites excluding steroid dienone is 11. The van der Waals surface area contributed by atoms with Gasteiger partial charge >= 0.3 is 0 Å². The van der Waals surface area contributed by atoms with Gasteiger partial charge in [-0.05, 0) is 70.6 Å². The Morgan fingerprint density at radius 1 is 0.403 bits per heavy atom. The number of rotatable bonds is 49. The summed E-state index contributed by atoms with van der Waals surface area (Å²) in [5, 5.41) is 23.0. The molecule has 0 saturated carbocycles. The molecule has 0 radical (unpaired) electrons. The van der Waals surface area contributed by atoms with E-state index >= 15 is 0 Å². The van der Waals surface area contributed by atoms with E-state index in [-0.39, 0.29) is 12.5 Å². The quantitative estimate of drug-likeness (QED) is 0.0421. The van der Waals surface area contributed by atoms with Crippen LogP contribution in [0.1, 0.15) is 271 Å². The van der Waals surface area contributed by atoms with Crippen LogP contribution >= 0.6 is 0 Å². The van der Waals surface area contributed by atoms with Gasteiger partial charge in [0.1, 0.15) is 0 Å². The number of hydrogen-bond donors (Lipinski definition) is 3. The number of carbonyl (C=O) groups is 1. The molecule has 62 heavy (non-hydrogen) atoms. The van der Waals surface area contributed by atoms with E-state index in [0.717, 1.165) is 57.8 Å². The third kappa shape index (κ3) is 48.9. The van der Waals surface area contributed by atoms with Crippen LogP contribution in [-0.4, -0.2) is 34.9 Å². The molecule has 0 rings (SSSR count). The van der Waals surface area contributed by atoms with Gasteiger partial charge in [0, 0.05) is 6.42 Å². The first kappa shape index (κ1) is 59.8. The highest BCUT2D eigenvalue weighted by Crippen LogP contribution is 2.17. The molecule has 0 spiro atoms. The minimum absolute atomic E-state index is 0.0722. The summed E-state index contributed by atoms with van der Waals surface area (Å²) < 4.78 is 0. The summed E-state index contributed by atoms with van der Waals surface area (Å²) in [6.45, 7) is 4.18. The summed E-state index contributed by atoms with van der Waals surface area (Å²) in [6.07, 6.45) is 76.4.